The van der Waals surface area contributed by atoms with Crippen LogP contribution >= 0.6 is 11.6 Å². The number of hydrogen-bond acceptors (Lipinski definition) is 4. The lowest BCUT2D eigenvalue weighted by Crippen LogP contribution is -2.30. The Hall–Kier alpha value is -2.53. The van der Waals surface area contributed by atoms with E-state index in [-0.39, 0.29) is 11.7 Å². The Morgan fingerprint density at radius 2 is 1.88 bits per heavy atom. The molecule has 0 aliphatic carbocycles. The second kappa shape index (κ2) is 8.03. The molecule has 1 amide bonds. The van der Waals surface area contributed by atoms with Crippen molar-refractivity contribution < 1.29 is 19.1 Å². The van der Waals surface area contributed by atoms with E-state index < -0.39 is 6.10 Å². The molecule has 0 spiro atoms. The number of carbonyl (C=O) groups excluding carboxylic acids is 2. The minimum absolute atomic E-state index is 0.0768. The first-order valence-corrected chi connectivity index (χ1v) is 8.13. The fourth-order valence-electron chi connectivity index (χ4n) is 2.21. The average molecular weight is 362 g/mol. The maximum absolute atomic E-state index is 12.4. The molecule has 132 valence electrons. The molecule has 0 unspecified atom stereocenters. The molecule has 0 bridgehead atoms. The number of carbonyl (C=O) groups is 2. The molecule has 25 heavy (non-hydrogen) atoms. The van der Waals surface area contributed by atoms with Crippen molar-refractivity contribution >= 4 is 29.0 Å². The molecule has 1 atom stereocenters. The van der Waals surface area contributed by atoms with Crippen LogP contribution in [0, 0.1) is 6.92 Å². The third kappa shape index (κ3) is 4.51. The van der Waals surface area contributed by atoms with Gasteiger partial charge in [-0.15, -0.1) is 0 Å². The predicted molar refractivity (Wildman–Crippen MR) is 97.9 cm³/mol. The zero-order valence-electron chi connectivity index (χ0n) is 14.6. The van der Waals surface area contributed by atoms with E-state index in [1.807, 2.05) is 6.92 Å². The average Bonchev–Trinajstić information content (AvgIpc) is 2.58. The molecule has 0 heterocycles. The lowest BCUT2D eigenvalue weighted by atomic mass is 10.1. The molecule has 0 fully saturated rings. The standard InChI is InChI=1S/C19H20ClNO4/c1-11-15(20)6-5-7-16(11)21-19(23)13(3)25-17-9-8-14(12(2)22)10-18(17)24-4/h5-10,13H,1-4H3,(H,21,23)/t13-/m0/s1. The highest BCUT2D eigenvalue weighted by Crippen LogP contribution is 2.29. The number of amides is 1. The summed E-state index contributed by atoms with van der Waals surface area (Å²) in [6.45, 7) is 4.93. The van der Waals surface area contributed by atoms with E-state index in [2.05, 4.69) is 5.32 Å². The van der Waals surface area contributed by atoms with Crippen molar-refractivity contribution in [3.05, 3.63) is 52.5 Å². The molecule has 0 radical (unpaired) electrons. The lowest BCUT2D eigenvalue weighted by molar-refractivity contribution is -0.122. The number of halogens is 1. The highest BCUT2D eigenvalue weighted by molar-refractivity contribution is 6.31. The van der Waals surface area contributed by atoms with Crippen LogP contribution in [-0.2, 0) is 4.79 Å². The van der Waals surface area contributed by atoms with Gasteiger partial charge in [0.1, 0.15) is 0 Å². The van der Waals surface area contributed by atoms with Crippen LogP contribution in [0.3, 0.4) is 0 Å². The second-order valence-corrected chi connectivity index (χ2v) is 5.99. The normalized spacial score (nSPS) is 11.6. The van der Waals surface area contributed by atoms with Gasteiger partial charge in [0.15, 0.2) is 23.4 Å². The molecule has 0 aliphatic rings. The third-order valence-electron chi connectivity index (χ3n) is 3.77. The Bertz CT molecular complexity index is 804. The summed E-state index contributed by atoms with van der Waals surface area (Å²) in [5, 5.41) is 3.37. The quantitative estimate of drug-likeness (QED) is 0.780. The number of methoxy groups -OCH3 is 1. The van der Waals surface area contributed by atoms with E-state index in [0.29, 0.717) is 27.8 Å². The minimum atomic E-state index is -0.768. The Kier molecular flexibility index (Phi) is 6.04. The zero-order valence-corrected chi connectivity index (χ0v) is 15.3. The number of ether oxygens (including phenoxy) is 2. The molecule has 2 aromatic carbocycles. The molecule has 1 N–H and O–H groups in total. The van der Waals surface area contributed by atoms with Crippen molar-refractivity contribution in [3.63, 3.8) is 0 Å². The maximum Gasteiger partial charge on any atom is 0.265 e. The van der Waals surface area contributed by atoms with Crippen LogP contribution in [0.15, 0.2) is 36.4 Å². The van der Waals surface area contributed by atoms with Crippen LogP contribution in [0.2, 0.25) is 5.02 Å². The highest BCUT2D eigenvalue weighted by Gasteiger charge is 2.18. The Labute approximate surface area is 151 Å². The van der Waals surface area contributed by atoms with Crippen molar-refractivity contribution in [1.82, 2.24) is 0 Å². The molecule has 5 nitrogen and oxygen atoms in total. The predicted octanol–water partition coefficient (Wildman–Crippen LogP) is 4.27. The van der Waals surface area contributed by atoms with E-state index in [0.717, 1.165) is 5.56 Å². The molecule has 0 saturated heterocycles. The lowest BCUT2D eigenvalue weighted by Gasteiger charge is -2.18. The largest absolute Gasteiger partial charge is 0.493 e. The van der Waals surface area contributed by atoms with E-state index >= 15 is 0 Å². The fraction of sp³-hybridized carbons (Fsp3) is 0.263. The third-order valence-corrected chi connectivity index (χ3v) is 4.18. The summed E-state index contributed by atoms with van der Waals surface area (Å²) in [5.41, 5.74) is 1.93. The van der Waals surface area contributed by atoms with Crippen molar-refractivity contribution in [2.75, 3.05) is 12.4 Å². The van der Waals surface area contributed by atoms with E-state index in [1.165, 1.54) is 14.0 Å². The molecular formula is C19H20ClNO4. The highest BCUT2D eigenvalue weighted by atomic mass is 35.5. The van der Waals surface area contributed by atoms with Gasteiger partial charge in [0.25, 0.3) is 5.91 Å². The summed E-state index contributed by atoms with van der Waals surface area (Å²) in [6.07, 6.45) is -0.768. The van der Waals surface area contributed by atoms with Gasteiger partial charge >= 0.3 is 0 Å². The van der Waals surface area contributed by atoms with Crippen molar-refractivity contribution in [1.29, 1.82) is 0 Å². The van der Waals surface area contributed by atoms with Crippen molar-refractivity contribution in [3.8, 4) is 11.5 Å². The molecule has 0 aromatic heterocycles. The van der Waals surface area contributed by atoms with Crippen LogP contribution in [0.1, 0.15) is 29.8 Å². The first kappa shape index (κ1) is 18.8. The number of anilines is 1. The van der Waals surface area contributed by atoms with E-state index in [9.17, 15) is 9.59 Å². The monoisotopic (exact) mass is 361 g/mol. The van der Waals surface area contributed by atoms with Gasteiger partial charge in [-0.3, -0.25) is 9.59 Å². The van der Waals surface area contributed by atoms with Gasteiger partial charge < -0.3 is 14.8 Å². The van der Waals surface area contributed by atoms with Crippen LogP contribution in [0.5, 0.6) is 11.5 Å². The summed E-state index contributed by atoms with van der Waals surface area (Å²) in [6, 6.07) is 10.1. The molecule has 2 rings (SSSR count). The fourth-order valence-corrected chi connectivity index (χ4v) is 2.38. The van der Waals surface area contributed by atoms with Crippen LogP contribution < -0.4 is 14.8 Å². The Balaban J connectivity index is 2.13. The van der Waals surface area contributed by atoms with Crippen molar-refractivity contribution in [2.45, 2.75) is 26.9 Å². The zero-order chi connectivity index (χ0) is 18.6. The minimum Gasteiger partial charge on any atom is -0.493 e. The summed E-state index contributed by atoms with van der Waals surface area (Å²) in [5.74, 6) is 0.388. The van der Waals surface area contributed by atoms with Crippen LogP contribution in [0.25, 0.3) is 0 Å². The number of Topliss-reactive ketones (excluding diaryl/α,β-unsaturated/α-hetero) is 1. The first-order chi connectivity index (χ1) is 11.8. The molecular weight excluding hydrogens is 342 g/mol. The second-order valence-electron chi connectivity index (χ2n) is 5.58. The van der Waals surface area contributed by atoms with Gasteiger partial charge in [-0.1, -0.05) is 17.7 Å². The SMILES string of the molecule is COc1cc(C(C)=O)ccc1O[C@@H](C)C(=O)Nc1cccc(Cl)c1C. The number of ketones is 1. The van der Waals surface area contributed by atoms with Gasteiger partial charge in [-0.05, 0) is 56.7 Å². The Morgan fingerprint density at radius 1 is 1.16 bits per heavy atom. The van der Waals surface area contributed by atoms with Crippen LogP contribution in [0.4, 0.5) is 5.69 Å². The summed E-state index contributed by atoms with van der Waals surface area (Å²) < 4.78 is 10.9. The van der Waals surface area contributed by atoms with Crippen LogP contribution in [-0.4, -0.2) is 24.9 Å². The maximum atomic E-state index is 12.4. The molecule has 0 saturated carbocycles. The molecule has 2 aromatic rings. The number of hydrogen-bond donors (Lipinski definition) is 1. The molecule has 0 aliphatic heterocycles. The van der Waals surface area contributed by atoms with Crippen molar-refractivity contribution in [2.24, 2.45) is 0 Å². The van der Waals surface area contributed by atoms with Gasteiger partial charge in [0, 0.05) is 16.3 Å². The topological polar surface area (TPSA) is 64.6 Å². The van der Waals surface area contributed by atoms with Gasteiger partial charge in [-0.2, -0.15) is 0 Å². The first-order valence-electron chi connectivity index (χ1n) is 7.75. The Morgan fingerprint density at radius 3 is 2.52 bits per heavy atom. The summed E-state index contributed by atoms with van der Waals surface area (Å²) in [7, 11) is 1.48. The smallest absolute Gasteiger partial charge is 0.265 e. The number of rotatable bonds is 6. The number of nitrogens with one attached hydrogen (secondary N) is 1. The van der Waals surface area contributed by atoms with Gasteiger partial charge in [0.05, 0.1) is 7.11 Å². The summed E-state index contributed by atoms with van der Waals surface area (Å²) in [4.78, 5) is 23.8. The van der Waals surface area contributed by atoms with Gasteiger partial charge in [0.2, 0.25) is 0 Å². The van der Waals surface area contributed by atoms with E-state index in [4.69, 9.17) is 21.1 Å². The molecule has 6 heteroatoms. The summed E-state index contributed by atoms with van der Waals surface area (Å²) >= 11 is 6.06. The number of benzene rings is 2. The van der Waals surface area contributed by atoms with Gasteiger partial charge in [-0.25, -0.2) is 0 Å². The van der Waals surface area contributed by atoms with E-state index in [1.54, 1.807) is 43.3 Å².